The van der Waals surface area contributed by atoms with Crippen LogP contribution in [0.1, 0.15) is 31.7 Å². The van der Waals surface area contributed by atoms with Crippen molar-refractivity contribution < 1.29 is 14.0 Å². The Bertz CT molecular complexity index is 506. The lowest BCUT2D eigenvalue weighted by Gasteiger charge is -2.07. The summed E-state index contributed by atoms with van der Waals surface area (Å²) in [6.45, 7) is 2.00. The van der Waals surface area contributed by atoms with E-state index in [0.29, 0.717) is 17.7 Å². The van der Waals surface area contributed by atoms with Crippen molar-refractivity contribution >= 4 is 11.3 Å². The van der Waals surface area contributed by atoms with Crippen LogP contribution in [-0.2, 0) is 0 Å². The summed E-state index contributed by atoms with van der Waals surface area (Å²) in [5.74, 6) is -1.75. The Morgan fingerprint density at radius 1 is 1.24 bits per heavy atom. The second-order valence-corrected chi connectivity index (χ2v) is 4.01. The lowest BCUT2D eigenvalue weighted by Crippen LogP contribution is -1.98. The van der Waals surface area contributed by atoms with Gasteiger partial charge in [0, 0.05) is 5.57 Å². The van der Waals surface area contributed by atoms with Gasteiger partial charge in [-0.05, 0) is 37.0 Å². The quantitative estimate of drug-likeness (QED) is 0.616. The number of allylic oxidation sites excluding steroid dienone is 2. The van der Waals surface area contributed by atoms with Crippen molar-refractivity contribution in [3.05, 3.63) is 41.0 Å². The van der Waals surface area contributed by atoms with E-state index in [2.05, 4.69) is 5.16 Å². The number of benzene rings is 1. The normalized spacial score (nSPS) is 18.2. The fourth-order valence-electron chi connectivity index (χ4n) is 2.20. The molecule has 0 amide bonds. The van der Waals surface area contributed by atoms with Crippen LogP contribution in [0.15, 0.2) is 28.9 Å². The summed E-state index contributed by atoms with van der Waals surface area (Å²) < 4.78 is 26.1. The molecular weight excluding hydrogens is 224 g/mol. The molecule has 1 aromatic rings. The van der Waals surface area contributed by atoms with Gasteiger partial charge >= 0.3 is 0 Å². The summed E-state index contributed by atoms with van der Waals surface area (Å²) in [7, 11) is 0. The Morgan fingerprint density at radius 3 is 2.59 bits per heavy atom. The molecule has 0 atom stereocenters. The van der Waals surface area contributed by atoms with E-state index < -0.39 is 11.6 Å². The highest BCUT2D eigenvalue weighted by Crippen LogP contribution is 2.34. The van der Waals surface area contributed by atoms with Crippen LogP contribution in [0, 0.1) is 11.6 Å². The zero-order chi connectivity index (χ0) is 12.4. The largest absolute Gasteiger partial charge is 0.411 e. The molecule has 2 rings (SSSR count). The minimum absolute atomic E-state index is 0.549. The van der Waals surface area contributed by atoms with Gasteiger partial charge in [0.2, 0.25) is 0 Å². The summed E-state index contributed by atoms with van der Waals surface area (Å²) in [5, 5.41) is 12.2. The summed E-state index contributed by atoms with van der Waals surface area (Å²) in [6.07, 6.45) is 2.27. The van der Waals surface area contributed by atoms with Crippen molar-refractivity contribution in [3.8, 4) is 0 Å². The number of hydrogen-bond acceptors (Lipinski definition) is 2. The predicted molar refractivity (Wildman–Crippen MR) is 62.0 cm³/mol. The van der Waals surface area contributed by atoms with Crippen LogP contribution >= 0.6 is 0 Å². The van der Waals surface area contributed by atoms with Crippen molar-refractivity contribution in [1.82, 2.24) is 0 Å². The Balaban J connectivity index is 2.53. The maximum Gasteiger partial charge on any atom is 0.159 e. The molecule has 0 saturated carbocycles. The van der Waals surface area contributed by atoms with Gasteiger partial charge in [0.05, 0.1) is 5.71 Å². The summed E-state index contributed by atoms with van der Waals surface area (Å²) in [4.78, 5) is 0. The van der Waals surface area contributed by atoms with Gasteiger partial charge in [-0.2, -0.15) is 0 Å². The smallest absolute Gasteiger partial charge is 0.159 e. The molecule has 0 spiro atoms. The van der Waals surface area contributed by atoms with E-state index in [-0.39, 0.29) is 0 Å². The Hall–Kier alpha value is -1.71. The minimum atomic E-state index is -0.880. The SMILES string of the molecule is CCC1=C(c2ccc(F)c(F)c2)/C(=N/O)CC1. The van der Waals surface area contributed by atoms with Crippen molar-refractivity contribution in [2.75, 3.05) is 0 Å². The molecule has 4 heteroatoms. The number of halogens is 2. The first-order valence-electron chi connectivity index (χ1n) is 5.56. The van der Waals surface area contributed by atoms with Crippen LogP contribution in [0.2, 0.25) is 0 Å². The average Bonchev–Trinajstić information content (AvgIpc) is 2.75. The third-order valence-electron chi connectivity index (χ3n) is 3.06. The first kappa shape index (κ1) is 11.8. The highest BCUT2D eigenvalue weighted by molar-refractivity contribution is 6.26. The highest BCUT2D eigenvalue weighted by Gasteiger charge is 2.22. The first-order chi connectivity index (χ1) is 8.17. The molecule has 0 bridgehead atoms. The Labute approximate surface area is 98.3 Å². The van der Waals surface area contributed by atoms with E-state index in [9.17, 15) is 8.78 Å². The van der Waals surface area contributed by atoms with Gasteiger partial charge in [0.15, 0.2) is 11.6 Å². The molecule has 1 N–H and O–H groups in total. The van der Waals surface area contributed by atoms with Crippen LogP contribution in [0.4, 0.5) is 8.78 Å². The monoisotopic (exact) mass is 237 g/mol. The molecule has 2 nitrogen and oxygen atoms in total. The number of rotatable bonds is 2. The van der Waals surface area contributed by atoms with E-state index in [4.69, 9.17) is 5.21 Å². The maximum absolute atomic E-state index is 13.2. The molecule has 0 unspecified atom stereocenters. The molecular formula is C13H13F2NO. The zero-order valence-corrected chi connectivity index (χ0v) is 9.50. The zero-order valence-electron chi connectivity index (χ0n) is 9.50. The van der Waals surface area contributed by atoms with Crippen molar-refractivity contribution in [1.29, 1.82) is 0 Å². The summed E-state index contributed by atoms with van der Waals surface area (Å²) in [6, 6.07) is 3.76. The van der Waals surface area contributed by atoms with Crippen LogP contribution in [0.3, 0.4) is 0 Å². The van der Waals surface area contributed by atoms with Gasteiger partial charge in [-0.15, -0.1) is 0 Å². The van der Waals surface area contributed by atoms with Crippen LogP contribution in [-0.4, -0.2) is 10.9 Å². The van der Waals surface area contributed by atoms with E-state index in [1.165, 1.54) is 6.07 Å². The minimum Gasteiger partial charge on any atom is -0.411 e. The summed E-state index contributed by atoms with van der Waals surface area (Å²) in [5.41, 5.74) is 3.00. The van der Waals surface area contributed by atoms with E-state index in [0.717, 1.165) is 36.1 Å². The molecule has 0 saturated heterocycles. The molecule has 0 radical (unpaired) electrons. The molecule has 1 aliphatic carbocycles. The first-order valence-corrected chi connectivity index (χ1v) is 5.56. The van der Waals surface area contributed by atoms with Gasteiger partial charge in [-0.3, -0.25) is 0 Å². The second kappa shape index (κ2) is 4.65. The lowest BCUT2D eigenvalue weighted by molar-refractivity contribution is 0.319. The number of oxime groups is 1. The fraction of sp³-hybridized carbons (Fsp3) is 0.308. The van der Waals surface area contributed by atoms with E-state index in [1.807, 2.05) is 6.92 Å². The lowest BCUT2D eigenvalue weighted by atomic mass is 9.99. The van der Waals surface area contributed by atoms with Crippen molar-refractivity contribution in [2.45, 2.75) is 26.2 Å². The Morgan fingerprint density at radius 2 is 2.00 bits per heavy atom. The van der Waals surface area contributed by atoms with Gasteiger partial charge in [-0.25, -0.2) is 8.78 Å². The average molecular weight is 237 g/mol. The van der Waals surface area contributed by atoms with Gasteiger partial charge in [0.25, 0.3) is 0 Å². The number of nitrogens with zero attached hydrogens (tertiary/aromatic N) is 1. The van der Waals surface area contributed by atoms with Gasteiger partial charge in [-0.1, -0.05) is 23.7 Å². The summed E-state index contributed by atoms with van der Waals surface area (Å²) >= 11 is 0. The topological polar surface area (TPSA) is 32.6 Å². The van der Waals surface area contributed by atoms with Crippen molar-refractivity contribution in [3.63, 3.8) is 0 Å². The molecule has 17 heavy (non-hydrogen) atoms. The van der Waals surface area contributed by atoms with Crippen molar-refractivity contribution in [2.24, 2.45) is 5.16 Å². The third kappa shape index (κ3) is 2.07. The molecule has 0 fully saturated rings. The molecule has 0 aromatic heterocycles. The highest BCUT2D eigenvalue weighted by atomic mass is 19.2. The molecule has 0 aliphatic heterocycles. The molecule has 1 aromatic carbocycles. The molecule has 90 valence electrons. The molecule has 0 heterocycles. The van der Waals surface area contributed by atoms with E-state index >= 15 is 0 Å². The van der Waals surface area contributed by atoms with Crippen LogP contribution in [0.25, 0.3) is 5.57 Å². The van der Waals surface area contributed by atoms with Crippen LogP contribution in [0.5, 0.6) is 0 Å². The predicted octanol–water partition coefficient (Wildman–Crippen LogP) is 3.75. The van der Waals surface area contributed by atoms with E-state index in [1.54, 1.807) is 0 Å². The van der Waals surface area contributed by atoms with Crippen LogP contribution < -0.4 is 0 Å². The fourth-order valence-corrected chi connectivity index (χ4v) is 2.20. The number of hydrogen-bond donors (Lipinski definition) is 1. The van der Waals surface area contributed by atoms with Gasteiger partial charge < -0.3 is 5.21 Å². The Kier molecular flexibility index (Phi) is 3.22. The molecule has 1 aliphatic rings. The van der Waals surface area contributed by atoms with Gasteiger partial charge in [0.1, 0.15) is 0 Å². The standard InChI is InChI=1S/C13H13F2NO/c1-2-8-4-6-12(16-17)13(8)9-3-5-10(14)11(15)7-9/h3,5,7,17H,2,4,6H2,1H3/b16-12+. The second-order valence-electron chi connectivity index (χ2n) is 4.01. The third-order valence-corrected chi connectivity index (χ3v) is 3.06. The maximum atomic E-state index is 13.2.